The predicted molar refractivity (Wildman–Crippen MR) is 68.9 cm³/mol. The summed E-state index contributed by atoms with van der Waals surface area (Å²) in [6.07, 6.45) is -5.08. The summed E-state index contributed by atoms with van der Waals surface area (Å²) in [6, 6.07) is 3.58. The molecule has 6 heteroatoms. The molecule has 1 N–H and O–H groups in total. The molecule has 1 atom stereocenters. The van der Waals surface area contributed by atoms with Gasteiger partial charge in [0.25, 0.3) is 0 Å². The number of halogens is 3. The van der Waals surface area contributed by atoms with Crippen molar-refractivity contribution >= 4 is 0 Å². The molecule has 1 aromatic rings. The zero-order valence-corrected chi connectivity index (χ0v) is 11.8. The topological polar surface area (TPSA) is 38.7 Å². The van der Waals surface area contributed by atoms with Crippen molar-refractivity contribution in [3.05, 3.63) is 28.8 Å². The van der Waals surface area contributed by atoms with Crippen molar-refractivity contribution in [3.8, 4) is 5.75 Å². The van der Waals surface area contributed by atoms with Crippen LogP contribution in [0.2, 0.25) is 0 Å². The zero-order valence-electron chi connectivity index (χ0n) is 11.8. The lowest BCUT2D eigenvalue weighted by molar-refractivity contribution is -0.175. The standard InChI is InChI=1S/C14H19F3O3/c1-9-7-13(19-3)10(2)6-11(9)12(18)4-5-20-8-14(15,16)17/h6-7,12,18H,4-5,8H2,1-3H3. The highest BCUT2D eigenvalue weighted by atomic mass is 19.4. The minimum absolute atomic E-state index is 0.114. The van der Waals surface area contributed by atoms with Gasteiger partial charge in [0.2, 0.25) is 0 Å². The molecule has 20 heavy (non-hydrogen) atoms. The molecule has 1 unspecified atom stereocenters. The van der Waals surface area contributed by atoms with Crippen molar-refractivity contribution in [2.24, 2.45) is 0 Å². The maximum absolute atomic E-state index is 11.9. The van der Waals surface area contributed by atoms with Crippen LogP contribution >= 0.6 is 0 Å². The van der Waals surface area contributed by atoms with E-state index < -0.39 is 18.9 Å². The third kappa shape index (κ3) is 5.02. The Morgan fingerprint density at radius 1 is 1.20 bits per heavy atom. The maximum atomic E-state index is 11.9. The van der Waals surface area contributed by atoms with Gasteiger partial charge in [-0.1, -0.05) is 0 Å². The molecule has 0 aliphatic carbocycles. The van der Waals surface area contributed by atoms with E-state index in [9.17, 15) is 18.3 Å². The molecule has 3 nitrogen and oxygen atoms in total. The number of ether oxygens (including phenoxy) is 2. The molecule has 0 saturated carbocycles. The number of aliphatic hydroxyl groups excluding tert-OH is 1. The SMILES string of the molecule is COc1cc(C)c(C(O)CCOCC(F)(F)F)cc1C. The Labute approximate surface area is 116 Å². The molecular weight excluding hydrogens is 273 g/mol. The van der Waals surface area contributed by atoms with Gasteiger partial charge in [-0.15, -0.1) is 0 Å². The number of hydrogen-bond donors (Lipinski definition) is 1. The maximum Gasteiger partial charge on any atom is 0.411 e. The first-order chi connectivity index (χ1) is 9.24. The number of rotatable bonds is 6. The predicted octanol–water partition coefficient (Wildman–Crippen LogP) is 3.31. The fourth-order valence-electron chi connectivity index (χ4n) is 1.93. The number of hydrogen-bond acceptors (Lipinski definition) is 3. The van der Waals surface area contributed by atoms with E-state index in [1.54, 1.807) is 19.2 Å². The molecule has 0 amide bonds. The van der Waals surface area contributed by atoms with E-state index in [0.717, 1.165) is 11.1 Å². The highest BCUT2D eigenvalue weighted by Gasteiger charge is 2.27. The van der Waals surface area contributed by atoms with Gasteiger partial charge in [-0.05, 0) is 42.7 Å². The van der Waals surface area contributed by atoms with Crippen LogP contribution in [0.5, 0.6) is 5.75 Å². The third-order valence-electron chi connectivity index (χ3n) is 2.94. The summed E-state index contributed by atoms with van der Waals surface area (Å²) in [7, 11) is 1.56. The van der Waals surface area contributed by atoms with E-state index in [0.29, 0.717) is 11.3 Å². The normalized spacial score (nSPS) is 13.3. The molecule has 0 aromatic heterocycles. The Kier molecular flexibility index (Phi) is 5.83. The highest BCUT2D eigenvalue weighted by Crippen LogP contribution is 2.28. The summed E-state index contributed by atoms with van der Waals surface area (Å²) in [5.41, 5.74) is 2.37. The van der Waals surface area contributed by atoms with Crippen molar-refractivity contribution in [2.45, 2.75) is 32.5 Å². The minimum Gasteiger partial charge on any atom is -0.496 e. The number of benzene rings is 1. The first-order valence-corrected chi connectivity index (χ1v) is 6.22. The van der Waals surface area contributed by atoms with Crippen molar-refractivity contribution in [1.82, 2.24) is 0 Å². The molecule has 0 spiro atoms. The summed E-state index contributed by atoms with van der Waals surface area (Å²) >= 11 is 0. The van der Waals surface area contributed by atoms with Crippen molar-refractivity contribution in [2.75, 3.05) is 20.3 Å². The lowest BCUT2D eigenvalue weighted by Gasteiger charge is -2.17. The Hall–Kier alpha value is -1.27. The second kappa shape index (κ2) is 6.95. The van der Waals surface area contributed by atoms with E-state index in [1.165, 1.54) is 0 Å². The molecule has 0 aliphatic heterocycles. The van der Waals surface area contributed by atoms with Gasteiger partial charge in [0, 0.05) is 13.0 Å². The van der Waals surface area contributed by atoms with Gasteiger partial charge in [0.05, 0.1) is 13.2 Å². The zero-order chi connectivity index (χ0) is 15.3. The van der Waals surface area contributed by atoms with E-state index in [2.05, 4.69) is 4.74 Å². The van der Waals surface area contributed by atoms with Crippen LogP contribution in [0.15, 0.2) is 12.1 Å². The second-order valence-electron chi connectivity index (χ2n) is 4.65. The fourth-order valence-corrected chi connectivity index (χ4v) is 1.93. The average Bonchev–Trinajstić information content (AvgIpc) is 2.35. The highest BCUT2D eigenvalue weighted by molar-refractivity contribution is 5.42. The number of methoxy groups -OCH3 is 1. The van der Waals surface area contributed by atoms with Crippen LogP contribution in [-0.4, -0.2) is 31.6 Å². The summed E-state index contributed by atoms with van der Waals surface area (Å²) in [5.74, 6) is 0.715. The quantitative estimate of drug-likeness (QED) is 0.818. The molecule has 0 fully saturated rings. The number of aliphatic hydroxyl groups is 1. The third-order valence-corrected chi connectivity index (χ3v) is 2.94. The monoisotopic (exact) mass is 292 g/mol. The van der Waals surface area contributed by atoms with Crippen molar-refractivity contribution < 1.29 is 27.8 Å². The molecule has 0 radical (unpaired) electrons. The van der Waals surface area contributed by atoms with Crippen LogP contribution in [0.3, 0.4) is 0 Å². The van der Waals surface area contributed by atoms with Gasteiger partial charge in [-0.2, -0.15) is 13.2 Å². The van der Waals surface area contributed by atoms with Gasteiger partial charge in [0.1, 0.15) is 12.4 Å². The Morgan fingerprint density at radius 2 is 1.85 bits per heavy atom. The van der Waals surface area contributed by atoms with Crippen LogP contribution in [0.4, 0.5) is 13.2 Å². The minimum atomic E-state index is -4.34. The van der Waals surface area contributed by atoms with Crippen LogP contribution in [0.1, 0.15) is 29.2 Å². The number of alkyl halides is 3. The van der Waals surface area contributed by atoms with Crippen LogP contribution < -0.4 is 4.74 Å². The van der Waals surface area contributed by atoms with E-state index in [-0.39, 0.29) is 13.0 Å². The Bertz CT molecular complexity index is 444. The molecule has 0 heterocycles. The van der Waals surface area contributed by atoms with Gasteiger partial charge >= 0.3 is 6.18 Å². The molecule has 0 aliphatic rings. The molecule has 1 rings (SSSR count). The van der Waals surface area contributed by atoms with Crippen LogP contribution in [0, 0.1) is 13.8 Å². The summed E-state index contributed by atoms with van der Waals surface area (Å²) < 4.78 is 45.4. The van der Waals surface area contributed by atoms with Gasteiger partial charge in [-0.25, -0.2) is 0 Å². The largest absolute Gasteiger partial charge is 0.496 e. The first-order valence-electron chi connectivity index (χ1n) is 6.22. The lowest BCUT2D eigenvalue weighted by atomic mass is 9.98. The summed E-state index contributed by atoms with van der Waals surface area (Å²) in [4.78, 5) is 0. The van der Waals surface area contributed by atoms with Gasteiger partial charge in [0.15, 0.2) is 0 Å². The average molecular weight is 292 g/mol. The number of aryl methyl sites for hydroxylation is 2. The fraction of sp³-hybridized carbons (Fsp3) is 0.571. The van der Waals surface area contributed by atoms with Crippen LogP contribution in [0.25, 0.3) is 0 Å². The summed E-state index contributed by atoms with van der Waals surface area (Å²) in [5, 5.41) is 10.0. The molecule has 114 valence electrons. The second-order valence-corrected chi connectivity index (χ2v) is 4.65. The summed E-state index contributed by atoms with van der Waals surface area (Å²) in [6.45, 7) is 2.22. The Morgan fingerprint density at radius 3 is 2.40 bits per heavy atom. The molecule has 0 bridgehead atoms. The van der Waals surface area contributed by atoms with Gasteiger partial charge in [-0.3, -0.25) is 0 Å². The van der Waals surface area contributed by atoms with Crippen molar-refractivity contribution in [3.63, 3.8) is 0 Å². The lowest BCUT2D eigenvalue weighted by Crippen LogP contribution is -2.18. The van der Waals surface area contributed by atoms with E-state index >= 15 is 0 Å². The van der Waals surface area contributed by atoms with E-state index in [4.69, 9.17) is 4.74 Å². The smallest absolute Gasteiger partial charge is 0.411 e. The van der Waals surface area contributed by atoms with E-state index in [1.807, 2.05) is 13.8 Å². The molecule has 1 aromatic carbocycles. The molecular formula is C14H19F3O3. The van der Waals surface area contributed by atoms with Crippen LogP contribution in [-0.2, 0) is 4.74 Å². The first kappa shape index (κ1) is 16.8. The molecule has 0 saturated heterocycles. The Balaban J connectivity index is 2.59. The van der Waals surface area contributed by atoms with Gasteiger partial charge < -0.3 is 14.6 Å². The van der Waals surface area contributed by atoms with Crippen molar-refractivity contribution in [1.29, 1.82) is 0 Å².